The van der Waals surface area contributed by atoms with Crippen molar-refractivity contribution in [2.75, 3.05) is 7.11 Å². The van der Waals surface area contributed by atoms with Crippen LogP contribution in [0.1, 0.15) is 22.3 Å². The maximum Gasteiger partial charge on any atom is 0.162 e. The molecule has 0 saturated carbocycles. The second-order valence-corrected chi connectivity index (χ2v) is 7.18. The van der Waals surface area contributed by atoms with Crippen molar-refractivity contribution in [1.29, 1.82) is 0 Å². The minimum absolute atomic E-state index is 0.503. The molecule has 1 aromatic heterocycles. The third-order valence-corrected chi connectivity index (χ3v) is 4.98. The summed E-state index contributed by atoms with van der Waals surface area (Å²) in [5.41, 5.74) is 4.68. The number of hydrogen-bond acceptors (Lipinski definition) is 4. The van der Waals surface area contributed by atoms with Crippen LogP contribution in [-0.4, -0.2) is 12.1 Å². The molecule has 0 spiro atoms. The molecule has 0 unspecified atom stereocenters. The first kappa shape index (κ1) is 19.4. The lowest BCUT2D eigenvalue weighted by atomic mass is 10.1. The molecular weight excluding hydrogens is 404 g/mol. The zero-order valence-electron chi connectivity index (χ0n) is 15.5. The van der Waals surface area contributed by atoms with E-state index in [0.717, 1.165) is 40.2 Å². The minimum Gasteiger partial charge on any atom is -0.493 e. The van der Waals surface area contributed by atoms with Gasteiger partial charge >= 0.3 is 0 Å². The van der Waals surface area contributed by atoms with E-state index in [1.54, 1.807) is 19.5 Å². The lowest BCUT2D eigenvalue weighted by Gasteiger charge is -2.15. The molecule has 0 aliphatic heterocycles. The molecule has 3 rings (SSSR count). The van der Waals surface area contributed by atoms with E-state index < -0.39 is 0 Å². The van der Waals surface area contributed by atoms with Crippen LogP contribution in [-0.2, 0) is 19.7 Å². The Hall–Kier alpha value is -2.37. The zero-order valence-corrected chi connectivity index (χ0v) is 17.1. The Labute approximate surface area is 168 Å². The van der Waals surface area contributed by atoms with Crippen LogP contribution in [0.5, 0.6) is 11.5 Å². The standard InChI is InChI=1S/C22H23BrN2O2/c1-16-3-5-18(6-4-16)15-27-22-12-20(23)19(11-21(22)26-2)14-25-13-17-7-9-24-10-8-17/h3-12,25H,13-15H2,1-2H3. The Morgan fingerprint density at radius 1 is 0.926 bits per heavy atom. The molecule has 3 aromatic rings. The largest absolute Gasteiger partial charge is 0.493 e. The van der Waals surface area contributed by atoms with E-state index in [4.69, 9.17) is 9.47 Å². The summed E-state index contributed by atoms with van der Waals surface area (Å²) >= 11 is 3.65. The number of benzene rings is 2. The van der Waals surface area contributed by atoms with E-state index in [0.29, 0.717) is 6.61 Å². The lowest BCUT2D eigenvalue weighted by molar-refractivity contribution is 0.284. The average molecular weight is 427 g/mol. The van der Waals surface area contributed by atoms with Crippen LogP contribution in [0.15, 0.2) is 65.4 Å². The van der Waals surface area contributed by atoms with Crippen molar-refractivity contribution >= 4 is 15.9 Å². The first-order valence-electron chi connectivity index (χ1n) is 8.80. The van der Waals surface area contributed by atoms with Gasteiger partial charge in [-0.2, -0.15) is 0 Å². The Kier molecular flexibility index (Phi) is 6.85. The molecule has 140 valence electrons. The van der Waals surface area contributed by atoms with Crippen LogP contribution < -0.4 is 14.8 Å². The summed E-state index contributed by atoms with van der Waals surface area (Å²) in [6, 6.07) is 16.3. The number of rotatable bonds is 8. The number of aromatic nitrogens is 1. The first-order chi connectivity index (χ1) is 13.2. The highest BCUT2D eigenvalue weighted by atomic mass is 79.9. The Morgan fingerprint density at radius 3 is 2.37 bits per heavy atom. The van der Waals surface area contributed by atoms with Gasteiger partial charge in [0.2, 0.25) is 0 Å². The van der Waals surface area contributed by atoms with Gasteiger partial charge in [0.15, 0.2) is 11.5 Å². The van der Waals surface area contributed by atoms with Gasteiger partial charge < -0.3 is 14.8 Å². The molecule has 0 bridgehead atoms. The predicted molar refractivity (Wildman–Crippen MR) is 111 cm³/mol. The highest BCUT2D eigenvalue weighted by molar-refractivity contribution is 9.10. The fourth-order valence-corrected chi connectivity index (χ4v) is 3.14. The molecule has 4 nitrogen and oxygen atoms in total. The Morgan fingerprint density at radius 2 is 1.67 bits per heavy atom. The smallest absolute Gasteiger partial charge is 0.162 e. The molecule has 0 saturated heterocycles. The predicted octanol–water partition coefficient (Wildman–Crippen LogP) is 5.03. The topological polar surface area (TPSA) is 43.4 Å². The summed E-state index contributed by atoms with van der Waals surface area (Å²) in [5, 5.41) is 3.44. The van der Waals surface area contributed by atoms with E-state index in [1.165, 1.54) is 11.1 Å². The van der Waals surface area contributed by atoms with Crippen molar-refractivity contribution < 1.29 is 9.47 Å². The second-order valence-electron chi connectivity index (χ2n) is 6.33. The average Bonchev–Trinajstić information content (AvgIpc) is 2.69. The highest BCUT2D eigenvalue weighted by Gasteiger charge is 2.11. The SMILES string of the molecule is COc1cc(CNCc2ccncc2)c(Br)cc1OCc1ccc(C)cc1. The number of nitrogens with zero attached hydrogens (tertiary/aromatic N) is 1. The third-order valence-electron chi connectivity index (χ3n) is 4.24. The van der Waals surface area contributed by atoms with Crippen molar-refractivity contribution in [2.24, 2.45) is 0 Å². The van der Waals surface area contributed by atoms with Gasteiger partial charge in [-0.15, -0.1) is 0 Å². The summed E-state index contributed by atoms with van der Waals surface area (Å²) in [7, 11) is 1.66. The van der Waals surface area contributed by atoms with Gasteiger partial charge in [-0.05, 0) is 47.9 Å². The van der Waals surface area contributed by atoms with Crippen molar-refractivity contribution in [3.05, 3.63) is 87.7 Å². The number of ether oxygens (including phenoxy) is 2. The summed E-state index contributed by atoms with van der Waals surface area (Å²) in [6.07, 6.45) is 3.60. The normalized spacial score (nSPS) is 10.6. The molecule has 5 heteroatoms. The Balaban J connectivity index is 1.64. The summed E-state index contributed by atoms with van der Waals surface area (Å²) in [5.74, 6) is 1.45. The number of halogens is 1. The van der Waals surface area contributed by atoms with Gasteiger partial charge in [0, 0.05) is 30.0 Å². The van der Waals surface area contributed by atoms with Gasteiger partial charge in [0.05, 0.1) is 7.11 Å². The molecule has 0 amide bonds. The quantitative estimate of drug-likeness (QED) is 0.548. The van der Waals surface area contributed by atoms with Gasteiger partial charge in [0.25, 0.3) is 0 Å². The van der Waals surface area contributed by atoms with Crippen molar-refractivity contribution in [3.63, 3.8) is 0 Å². The van der Waals surface area contributed by atoms with Crippen molar-refractivity contribution in [2.45, 2.75) is 26.6 Å². The van der Waals surface area contributed by atoms with Crippen LogP contribution in [0.25, 0.3) is 0 Å². The van der Waals surface area contributed by atoms with E-state index in [9.17, 15) is 0 Å². The lowest BCUT2D eigenvalue weighted by Crippen LogP contribution is -2.13. The number of pyridine rings is 1. The molecule has 0 radical (unpaired) electrons. The molecule has 0 atom stereocenters. The van der Waals surface area contributed by atoms with Crippen molar-refractivity contribution in [1.82, 2.24) is 10.3 Å². The van der Waals surface area contributed by atoms with Gasteiger partial charge in [-0.1, -0.05) is 45.8 Å². The molecule has 0 aliphatic rings. The Bertz CT molecular complexity index is 867. The van der Waals surface area contributed by atoms with Gasteiger partial charge in [0.1, 0.15) is 6.61 Å². The van der Waals surface area contributed by atoms with Gasteiger partial charge in [-0.3, -0.25) is 4.98 Å². The number of hydrogen-bond donors (Lipinski definition) is 1. The molecule has 27 heavy (non-hydrogen) atoms. The summed E-state index contributed by atoms with van der Waals surface area (Å²) < 4.78 is 12.5. The molecule has 2 aromatic carbocycles. The molecule has 1 N–H and O–H groups in total. The fraction of sp³-hybridized carbons (Fsp3) is 0.227. The highest BCUT2D eigenvalue weighted by Crippen LogP contribution is 2.34. The molecule has 1 heterocycles. The maximum absolute atomic E-state index is 5.98. The summed E-state index contributed by atoms with van der Waals surface area (Å²) in [6.45, 7) is 4.08. The van der Waals surface area contributed by atoms with Crippen LogP contribution in [0, 0.1) is 6.92 Å². The van der Waals surface area contributed by atoms with E-state index >= 15 is 0 Å². The van der Waals surface area contributed by atoms with E-state index in [2.05, 4.69) is 57.4 Å². The van der Waals surface area contributed by atoms with Crippen LogP contribution in [0.2, 0.25) is 0 Å². The first-order valence-corrected chi connectivity index (χ1v) is 9.59. The monoisotopic (exact) mass is 426 g/mol. The molecule has 0 fully saturated rings. The molecular formula is C22H23BrN2O2. The number of nitrogens with one attached hydrogen (secondary N) is 1. The van der Waals surface area contributed by atoms with E-state index in [1.807, 2.05) is 24.3 Å². The number of aryl methyl sites for hydroxylation is 1. The third kappa shape index (κ3) is 5.55. The minimum atomic E-state index is 0.503. The van der Waals surface area contributed by atoms with Gasteiger partial charge in [-0.25, -0.2) is 0 Å². The maximum atomic E-state index is 5.98. The number of methoxy groups -OCH3 is 1. The zero-order chi connectivity index (χ0) is 19.1. The molecule has 0 aliphatic carbocycles. The van der Waals surface area contributed by atoms with Crippen molar-refractivity contribution in [3.8, 4) is 11.5 Å². The fourth-order valence-electron chi connectivity index (χ4n) is 2.67. The second kappa shape index (κ2) is 9.53. The van der Waals surface area contributed by atoms with Crippen LogP contribution >= 0.6 is 15.9 Å². The van der Waals surface area contributed by atoms with Crippen LogP contribution in [0.3, 0.4) is 0 Å². The summed E-state index contributed by atoms with van der Waals surface area (Å²) in [4.78, 5) is 4.04. The van der Waals surface area contributed by atoms with Crippen LogP contribution in [0.4, 0.5) is 0 Å². The van der Waals surface area contributed by atoms with E-state index in [-0.39, 0.29) is 0 Å².